The molecule has 1 unspecified atom stereocenters. The minimum atomic E-state index is -0.625. The highest BCUT2D eigenvalue weighted by Crippen LogP contribution is 2.30. The molecule has 0 aliphatic heterocycles. The first-order valence-electron chi connectivity index (χ1n) is 7.21. The van der Waals surface area contributed by atoms with E-state index in [0.29, 0.717) is 6.61 Å². The van der Waals surface area contributed by atoms with Gasteiger partial charge in [0.25, 0.3) is 0 Å². The van der Waals surface area contributed by atoms with Crippen molar-refractivity contribution in [3.63, 3.8) is 0 Å². The summed E-state index contributed by atoms with van der Waals surface area (Å²) >= 11 is 0. The Morgan fingerprint density at radius 3 is 2.17 bits per heavy atom. The molecule has 0 aliphatic rings. The molecule has 0 bridgehead atoms. The second kappa shape index (κ2) is 6.82. The third kappa shape index (κ3) is 3.10. The van der Waals surface area contributed by atoms with Crippen molar-refractivity contribution in [3.05, 3.63) is 61.2 Å². The summed E-state index contributed by atoms with van der Waals surface area (Å²) in [4.78, 5) is 20.6. The lowest BCUT2D eigenvalue weighted by Gasteiger charge is -2.25. The van der Waals surface area contributed by atoms with Gasteiger partial charge in [0.1, 0.15) is 31.2 Å². The highest BCUT2D eigenvalue weighted by atomic mass is 16.5. The van der Waals surface area contributed by atoms with Crippen LogP contribution in [-0.2, 0) is 9.53 Å². The average molecular weight is 312 g/mol. The predicted octanol–water partition coefficient (Wildman–Crippen LogP) is 1.26. The largest absolute Gasteiger partial charge is 0.465 e. The Balaban J connectivity index is 2.09. The summed E-state index contributed by atoms with van der Waals surface area (Å²) in [5.74, 6) is -0.978. The summed E-state index contributed by atoms with van der Waals surface area (Å²) in [6.07, 6.45) is 5.36. The van der Waals surface area contributed by atoms with Crippen LogP contribution in [0.4, 0.5) is 0 Å². The standard InChI is InChI=1S/C15H16N6O2/c1-2-23-15(22)13(12-6-4-3-5-7-12)14(20-10-16-8-18-20)21-11-17-9-19-21/h3-11,13-14H,2H2,1H3. The van der Waals surface area contributed by atoms with Crippen LogP contribution in [0.15, 0.2) is 55.6 Å². The third-order valence-corrected chi connectivity index (χ3v) is 3.41. The summed E-state index contributed by atoms with van der Waals surface area (Å²) in [5.41, 5.74) is 0.807. The van der Waals surface area contributed by atoms with Crippen LogP contribution in [0.1, 0.15) is 24.6 Å². The van der Waals surface area contributed by atoms with Crippen molar-refractivity contribution in [1.82, 2.24) is 29.5 Å². The zero-order valence-corrected chi connectivity index (χ0v) is 12.6. The molecule has 0 radical (unpaired) electrons. The Labute approximate surface area is 132 Å². The molecule has 3 aromatic rings. The van der Waals surface area contributed by atoms with Gasteiger partial charge in [-0.15, -0.1) is 0 Å². The molecule has 3 rings (SSSR count). The molecule has 1 aromatic carbocycles. The molecule has 0 saturated carbocycles. The second-order valence-electron chi connectivity index (χ2n) is 4.81. The number of esters is 1. The van der Waals surface area contributed by atoms with Crippen LogP contribution in [0.25, 0.3) is 0 Å². The van der Waals surface area contributed by atoms with E-state index >= 15 is 0 Å². The van der Waals surface area contributed by atoms with Gasteiger partial charge in [-0.25, -0.2) is 19.3 Å². The van der Waals surface area contributed by atoms with Crippen LogP contribution in [0.3, 0.4) is 0 Å². The zero-order chi connectivity index (χ0) is 16.1. The molecule has 8 heteroatoms. The first kappa shape index (κ1) is 14.9. The fourth-order valence-corrected chi connectivity index (χ4v) is 2.46. The molecule has 8 nitrogen and oxygen atoms in total. The molecule has 0 saturated heterocycles. The Hall–Kier alpha value is -3.03. The molecule has 2 aromatic heterocycles. The molecular weight excluding hydrogens is 296 g/mol. The van der Waals surface area contributed by atoms with E-state index < -0.39 is 12.1 Å². The number of rotatable bonds is 6. The minimum Gasteiger partial charge on any atom is -0.465 e. The number of benzene rings is 1. The van der Waals surface area contributed by atoms with Crippen LogP contribution < -0.4 is 0 Å². The van der Waals surface area contributed by atoms with Crippen molar-refractivity contribution < 1.29 is 9.53 Å². The lowest BCUT2D eigenvalue weighted by Crippen LogP contribution is -2.32. The van der Waals surface area contributed by atoms with Gasteiger partial charge < -0.3 is 4.74 Å². The molecule has 0 N–H and O–H groups in total. The smallest absolute Gasteiger partial charge is 0.317 e. The molecule has 0 spiro atoms. The van der Waals surface area contributed by atoms with Crippen molar-refractivity contribution in [2.24, 2.45) is 0 Å². The van der Waals surface area contributed by atoms with Gasteiger partial charge in [0.15, 0.2) is 6.17 Å². The number of nitrogens with zero attached hydrogens (tertiary/aromatic N) is 6. The zero-order valence-electron chi connectivity index (χ0n) is 12.6. The van der Waals surface area contributed by atoms with Gasteiger partial charge in [-0.05, 0) is 12.5 Å². The molecule has 118 valence electrons. The average Bonchev–Trinajstić information content (AvgIpc) is 3.27. The van der Waals surface area contributed by atoms with Gasteiger partial charge in [0.05, 0.1) is 6.61 Å². The van der Waals surface area contributed by atoms with E-state index in [2.05, 4.69) is 20.2 Å². The maximum absolute atomic E-state index is 12.6. The Morgan fingerprint density at radius 1 is 1.09 bits per heavy atom. The highest BCUT2D eigenvalue weighted by Gasteiger charge is 2.35. The first-order chi connectivity index (χ1) is 11.3. The van der Waals surface area contributed by atoms with Crippen LogP contribution >= 0.6 is 0 Å². The van der Waals surface area contributed by atoms with Gasteiger partial charge in [-0.1, -0.05) is 30.3 Å². The van der Waals surface area contributed by atoms with Crippen LogP contribution in [-0.4, -0.2) is 42.1 Å². The summed E-state index contributed by atoms with van der Waals surface area (Å²) in [5, 5.41) is 8.34. The summed E-state index contributed by atoms with van der Waals surface area (Å²) in [6, 6.07) is 9.40. The lowest BCUT2D eigenvalue weighted by molar-refractivity contribution is -0.146. The molecular formula is C15H16N6O2. The predicted molar refractivity (Wildman–Crippen MR) is 80.3 cm³/mol. The second-order valence-corrected chi connectivity index (χ2v) is 4.81. The van der Waals surface area contributed by atoms with Crippen molar-refractivity contribution in [3.8, 4) is 0 Å². The molecule has 0 fully saturated rings. The Kier molecular flexibility index (Phi) is 4.41. The van der Waals surface area contributed by atoms with E-state index in [0.717, 1.165) is 5.56 Å². The van der Waals surface area contributed by atoms with Gasteiger partial charge in [0.2, 0.25) is 0 Å². The van der Waals surface area contributed by atoms with Gasteiger partial charge in [-0.3, -0.25) is 4.79 Å². The highest BCUT2D eigenvalue weighted by molar-refractivity contribution is 5.78. The van der Waals surface area contributed by atoms with Crippen molar-refractivity contribution in [2.45, 2.75) is 19.0 Å². The van der Waals surface area contributed by atoms with Crippen molar-refractivity contribution in [2.75, 3.05) is 6.61 Å². The van der Waals surface area contributed by atoms with E-state index in [1.54, 1.807) is 28.9 Å². The molecule has 1 atom stereocenters. The Bertz CT molecular complexity index is 692. The van der Waals surface area contributed by atoms with Crippen LogP contribution in [0.5, 0.6) is 0 Å². The van der Waals surface area contributed by atoms with E-state index in [1.165, 1.54) is 12.7 Å². The number of hydrogen-bond acceptors (Lipinski definition) is 6. The molecule has 2 heterocycles. The van der Waals surface area contributed by atoms with Crippen LogP contribution in [0, 0.1) is 0 Å². The number of ether oxygens (including phenoxy) is 1. The van der Waals surface area contributed by atoms with E-state index in [1.807, 2.05) is 30.3 Å². The van der Waals surface area contributed by atoms with Gasteiger partial charge >= 0.3 is 5.97 Å². The molecule has 0 aliphatic carbocycles. The quantitative estimate of drug-likeness (QED) is 0.637. The summed E-state index contributed by atoms with van der Waals surface area (Å²) < 4.78 is 8.42. The monoisotopic (exact) mass is 312 g/mol. The SMILES string of the molecule is CCOC(=O)C(c1ccccc1)C(n1cncn1)n1cncn1. The number of aromatic nitrogens is 6. The van der Waals surface area contributed by atoms with Gasteiger partial charge in [0, 0.05) is 0 Å². The van der Waals surface area contributed by atoms with Gasteiger partial charge in [-0.2, -0.15) is 10.2 Å². The van der Waals surface area contributed by atoms with E-state index in [-0.39, 0.29) is 5.97 Å². The lowest BCUT2D eigenvalue weighted by atomic mass is 9.96. The fourth-order valence-electron chi connectivity index (χ4n) is 2.46. The van der Waals surface area contributed by atoms with Crippen molar-refractivity contribution >= 4 is 5.97 Å². The summed E-state index contributed by atoms with van der Waals surface area (Å²) in [7, 11) is 0. The van der Waals surface area contributed by atoms with Crippen molar-refractivity contribution in [1.29, 1.82) is 0 Å². The molecule has 23 heavy (non-hydrogen) atoms. The fraction of sp³-hybridized carbons (Fsp3) is 0.267. The summed E-state index contributed by atoms with van der Waals surface area (Å²) in [6.45, 7) is 2.07. The number of hydrogen-bond donors (Lipinski definition) is 0. The first-order valence-corrected chi connectivity index (χ1v) is 7.21. The third-order valence-electron chi connectivity index (χ3n) is 3.41. The normalized spacial score (nSPS) is 12.3. The molecule has 0 amide bonds. The minimum absolute atomic E-state index is 0.295. The maximum Gasteiger partial charge on any atom is 0.317 e. The maximum atomic E-state index is 12.6. The topological polar surface area (TPSA) is 87.7 Å². The number of carbonyl (C=O) groups is 1. The van der Waals surface area contributed by atoms with Crippen LogP contribution in [0.2, 0.25) is 0 Å². The Morgan fingerprint density at radius 2 is 1.70 bits per heavy atom. The van der Waals surface area contributed by atoms with E-state index in [9.17, 15) is 4.79 Å². The number of carbonyl (C=O) groups excluding carboxylic acids is 1. The van der Waals surface area contributed by atoms with E-state index in [4.69, 9.17) is 4.74 Å².